The van der Waals surface area contributed by atoms with Gasteiger partial charge in [-0.15, -0.1) is 0 Å². The summed E-state index contributed by atoms with van der Waals surface area (Å²) in [6.07, 6.45) is 62.7. The Morgan fingerprint density at radius 3 is 1.00 bits per heavy atom. The topological polar surface area (TPSA) is 46.6 Å². The van der Waals surface area contributed by atoms with E-state index in [0.717, 1.165) is 51.4 Å². The van der Waals surface area contributed by atoms with E-state index < -0.39 is 0 Å². The summed E-state index contributed by atoms with van der Waals surface area (Å²) in [5.74, 6) is 0.580. The molecular weight excluding hydrogens is 675 g/mol. The van der Waals surface area contributed by atoms with Crippen molar-refractivity contribution in [2.75, 3.05) is 14.2 Å². The summed E-state index contributed by atoms with van der Waals surface area (Å²) in [6.45, 7) is 6.76. The van der Waals surface area contributed by atoms with Gasteiger partial charge in [-0.1, -0.05) is 198 Å². The number of carbonyl (C=O) groups excluding carboxylic acids is 2. The van der Waals surface area contributed by atoms with Gasteiger partial charge in [-0.25, -0.2) is 5.06 Å². The Bertz CT molecular complexity index is 888. The molecule has 0 aromatic heterocycles. The van der Waals surface area contributed by atoms with Gasteiger partial charge >= 0.3 is 0 Å². The zero-order valence-corrected chi connectivity index (χ0v) is 37.7. The average molecular weight is 770 g/mol. The molecule has 0 saturated carbocycles. The number of unbranched alkanes of at least 4 members (excludes halogenated alkanes) is 26. The molecule has 0 atom stereocenters. The van der Waals surface area contributed by atoms with E-state index in [1.165, 1.54) is 186 Å². The zero-order valence-electron chi connectivity index (χ0n) is 37.7. The van der Waals surface area contributed by atoms with Crippen molar-refractivity contribution in [2.24, 2.45) is 0 Å². The van der Waals surface area contributed by atoms with Gasteiger partial charge in [0.15, 0.2) is 0 Å². The van der Waals surface area contributed by atoms with E-state index in [4.69, 9.17) is 4.84 Å². The molecular formula is C51H95NO3. The van der Waals surface area contributed by atoms with Crippen LogP contribution >= 0.6 is 0 Å². The molecule has 0 fully saturated rings. The first-order valence-corrected chi connectivity index (χ1v) is 24.0. The number of ketones is 1. The van der Waals surface area contributed by atoms with Crippen LogP contribution in [-0.2, 0) is 14.4 Å². The molecule has 4 nitrogen and oxygen atoms in total. The van der Waals surface area contributed by atoms with Gasteiger partial charge in [0.2, 0.25) is 5.91 Å². The number of hydroxylamine groups is 2. The Balaban J connectivity index is 0. The molecule has 0 saturated heterocycles. The first-order valence-electron chi connectivity index (χ1n) is 24.0. The molecule has 0 N–H and O–H groups in total. The van der Waals surface area contributed by atoms with Gasteiger partial charge in [0.05, 0.1) is 7.11 Å². The van der Waals surface area contributed by atoms with Crippen molar-refractivity contribution >= 4 is 11.7 Å². The summed E-state index contributed by atoms with van der Waals surface area (Å²) in [7, 11) is 3.19. The van der Waals surface area contributed by atoms with Gasteiger partial charge in [0.25, 0.3) is 0 Å². The van der Waals surface area contributed by atoms with Gasteiger partial charge in [-0.2, -0.15) is 0 Å². The summed E-state index contributed by atoms with van der Waals surface area (Å²) >= 11 is 0. The van der Waals surface area contributed by atoms with Crippen molar-refractivity contribution in [2.45, 2.75) is 252 Å². The number of rotatable bonds is 41. The second kappa shape index (κ2) is 50.1. The van der Waals surface area contributed by atoms with Crippen molar-refractivity contribution in [1.29, 1.82) is 0 Å². The smallest absolute Gasteiger partial charge is 0.245 e. The highest BCUT2D eigenvalue weighted by Gasteiger charge is 2.06. The Morgan fingerprint density at radius 2 is 0.655 bits per heavy atom. The van der Waals surface area contributed by atoms with Crippen molar-refractivity contribution in [1.82, 2.24) is 5.06 Å². The van der Waals surface area contributed by atoms with Crippen molar-refractivity contribution in [3.63, 3.8) is 0 Å². The van der Waals surface area contributed by atoms with Crippen LogP contribution in [0.3, 0.4) is 0 Å². The largest absolute Gasteiger partial charge is 0.300 e. The predicted molar refractivity (Wildman–Crippen MR) is 245 cm³/mol. The van der Waals surface area contributed by atoms with Gasteiger partial charge in [-0.3, -0.25) is 14.4 Å². The average Bonchev–Trinajstić information content (AvgIpc) is 3.19. The molecule has 0 bridgehead atoms. The first-order chi connectivity index (χ1) is 27.0. The number of Topliss-reactive ketones (excluding diaryl/α,β-unsaturated/α-hetero) is 1. The van der Waals surface area contributed by atoms with Crippen LogP contribution in [0.4, 0.5) is 0 Å². The fraction of sp³-hybridized carbons (Fsp3) is 0.804. The minimum absolute atomic E-state index is 0.0742. The number of hydrogen-bond donors (Lipinski definition) is 0. The summed E-state index contributed by atoms with van der Waals surface area (Å²) < 4.78 is 0. The molecule has 0 aromatic carbocycles. The number of nitrogens with zero attached hydrogens (tertiary/aromatic N) is 1. The highest BCUT2D eigenvalue weighted by molar-refractivity contribution is 5.78. The fourth-order valence-corrected chi connectivity index (χ4v) is 6.59. The van der Waals surface area contributed by atoms with Crippen LogP contribution in [-0.4, -0.2) is 30.9 Å². The molecule has 55 heavy (non-hydrogen) atoms. The molecule has 1 amide bonds. The third kappa shape index (κ3) is 50.0. The molecule has 0 aromatic rings. The van der Waals surface area contributed by atoms with Crippen molar-refractivity contribution < 1.29 is 14.4 Å². The lowest BCUT2D eigenvalue weighted by molar-refractivity contribution is -0.168. The first kappa shape index (κ1) is 55.2. The summed E-state index contributed by atoms with van der Waals surface area (Å²) in [6, 6.07) is 0. The molecule has 0 heterocycles. The van der Waals surface area contributed by atoms with Gasteiger partial charge in [0.1, 0.15) is 5.78 Å². The van der Waals surface area contributed by atoms with Gasteiger partial charge < -0.3 is 0 Å². The second-order valence-electron chi connectivity index (χ2n) is 15.9. The Hall–Kier alpha value is -1.94. The third-order valence-electron chi connectivity index (χ3n) is 10.4. The number of hydrogen-bond acceptors (Lipinski definition) is 3. The zero-order chi connectivity index (χ0) is 40.6. The van der Waals surface area contributed by atoms with E-state index in [0.29, 0.717) is 12.2 Å². The van der Waals surface area contributed by atoms with Crippen molar-refractivity contribution in [3.05, 3.63) is 48.6 Å². The maximum Gasteiger partial charge on any atom is 0.245 e. The summed E-state index contributed by atoms with van der Waals surface area (Å²) in [4.78, 5) is 28.3. The molecule has 0 aliphatic heterocycles. The Labute approximate surface area is 344 Å². The van der Waals surface area contributed by atoms with Crippen LogP contribution in [0.5, 0.6) is 0 Å². The number of amides is 1. The molecule has 322 valence electrons. The Kier molecular flexibility index (Phi) is 50.2. The van der Waals surface area contributed by atoms with Gasteiger partial charge in [0, 0.05) is 26.3 Å². The lowest BCUT2D eigenvalue weighted by Gasteiger charge is -2.12. The van der Waals surface area contributed by atoms with Crippen LogP contribution in [0.15, 0.2) is 48.6 Å². The minimum atomic E-state index is 0.0742. The molecule has 0 spiro atoms. The van der Waals surface area contributed by atoms with E-state index in [2.05, 4.69) is 69.4 Å². The highest BCUT2D eigenvalue weighted by Crippen LogP contribution is 2.14. The second-order valence-corrected chi connectivity index (χ2v) is 15.9. The lowest BCUT2D eigenvalue weighted by Crippen LogP contribution is -2.24. The van der Waals surface area contributed by atoms with E-state index in [1.807, 2.05) is 0 Å². The quantitative estimate of drug-likeness (QED) is 0.0353. The predicted octanol–water partition coefficient (Wildman–Crippen LogP) is 16.9. The maximum atomic E-state index is 11.9. The normalized spacial score (nSPS) is 11.7. The van der Waals surface area contributed by atoms with E-state index in [-0.39, 0.29) is 5.91 Å². The minimum Gasteiger partial charge on any atom is -0.300 e. The fourth-order valence-electron chi connectivity index (χ4n) is 6.59. The summed E-state index contributed by atoms with van der Waals surface area (Å²) in [5.41, 5.74) is 0. The Morgan fingerprint density at radius 1 is 0.382 bits per heavy atom. The number of allylic oxidation sites excluding steroid dienone is 8. The maximum absolute atomic E-state index is 11.9. The van der Waals surface area contributed by atoms with Crippen LogP contribution in [0.25, 0.3) is 0 Å². The van der Waals surface area contributed by atoms with Crippen LogP contribution in [0, 0.1) is 0 Å². The highest BCUT2D eigenvalue weighted by atomic mass is 16.7. The van der Waals surface area contributed by atoms with Crippen LogP contribution in [0.1, 0.15) is 252 Å². The lowest BCUT2D eigenvalue weighted by atomic mass is 10.0. The van der Waals surface area contributed by atoms with Gasteiger partial charge in [-0.05, 0) is 83.5 Å². The molecule has 0 aliphatic rings. The standard InChI is InChI=1S/C29H54O.C22H41NO2/c1-3-5-7-9-11-12-13-14-15-16-17-18-19-20-22-24-26-28-29(30)27-25-23-21-10-8-6-4-2;1-4-5-6-7-8-9-10-11-12-13-14-15-16-17-18-19-20-21-22(24)23(2)25-3/h11-12,14-15H,3-10,13,16-28H2,1-2H3;8-9,11-12H,4-7,10,13-21H2,1-3H3/b12-11-,15-14-;9-8-,12-11-. The molecule has 4 heteroatoms. The monoisotopic (exact) mass is 770 g/mol. The SMILES string of the molecule is CCCCC/C=C\C/C=C\CCCCCCCCCC(=O)CCCCCCCCC.CCCCC/C=C\C/C=C\CCCCCCCCCC(=O)N(C)OC. The number of carbonyl (C=O) groups is 2. The van der Waals surface area contributed by atoms with E-state index in [1.54, 1.807) is 7.05 Å². The molecule has 0 aliphatic carbocycles. The van der Waals surface area contributed by atoms with E-state index >= 15 is 0 Å². The van der Waals surface area contributed by atoms with Crippen LogP contribution in [0.2, 0.25) is 0 Å². The third-order valence-corrected chi connectivity index (χ3v) is 10.4. The summed E-state index contributed by atoms with van der Waals surface area (Å²) in [5, 5.41) is 1.32. The molecule has 0 unspecified atom stereocenters. The molecule has 0 rings (SSSR count). The van der Waals surface area contributed by atoms with Crippen molar-refractivity contribution in [3.8, 4) is 0 Å². The van der Waals surface area contributed by atoms with Crippen LogP contribution < -0.4 is 0 Å². The molecule has 0 radical (unpaired) electrons. The van der Waals surface area contributed by atoms with E-state index in [9.17, 15) is 9.59 Å².